The fourth-order valence-electron chi connectivity index (χ4n) is 3.74. The molecule has 33 heavy (non-hydrogen) atoms. The summed E-state index contributed by atoms with van der Waals surface area (Å²) in [4.78, 5) is 13.3. The van der Waals surface area contributed by atoms with Crippen molar-refractivity contribution in [2.45, 2.75) is 32.5 Å². The average molecular weight is 477 g/mol. The maximum absolute atomic E-state index is 13.2. The standard InChI is InChI=1S/C22H23F3N6OS/c1-12(15-7-17(22(23,24)25)10-18(26)8-15)29-21-19-9-16(11-28-20(19)30-13(2)31-21)14-3-5-33(27,32)6-4-14/h3,7-12,27H,4-6,26H2,1-2H3,(H,28,29,30,31)/t12-,33?/m1/s1. The second-order valence-corrected chi connectivity index (χ2v) is 10.5. The molecule has 3 aromatic rings. The molecular formula is C22H23F3N6OS. The van der Waals surface area contributed by atoms with Crippen LogP contribution >= 0.6 is 0 Å². The molecule has 1 aliphatic rings. The highest BCUT2D eigenvalue weighted by Gasteiger charge is 2.31. The molecule has 3 heterocycles. The number of hydrogen-bond donors (Lipinski definition) is 3. The fraction of sp³-hybridized carbons (Fsp3) is 0.318. The maximum Gasteiger partial charge on any atom is 0.416 e. The molecule has 0 amide bonds. The van der Waals surface area contributed by atoms with E-state index in [9.17, 15) is 17.4 Å². The normalized spacial score (nSPS) is 19.8. The van der Waals surface area contributed by atoms with Gasteiger partial charge in [0, 0.05) is 27.4 Å². The van der Waals surface area contributed by atoms with Gasteiger partial charge in [0.1, 0.15) is 11.6 Å². The third-order valence-corrected chi connectivity index (χ3v) is 7.06. The van der Waals surface area contributed by atoms with Gasteiger partial charge in [-0.25, -0.2) is 19.2 Å². The molecule has 4 rings (SSSR count). The number of aromatic nitrogens is 3. The lowest BCUT2D eigenvalue weighted by Crippen LogP contribution is -2.14. The van der Waals surface area contributed by atoms with Crippen LogP contribution in [0, 0.1) is 11.7 Å². The molecule has 2 aromatic heterocycles. The minimum Gasteiger partial charge on any atom is -0.399 e. The van der Waals surface area contributed by atoms with Crippen LogP contribution in [0.1, 0.15) is 41.9 Å². The number of benzene rings is 1. The number of nitrogens with one attached hydrogen (secondary N) is 2. The molecule has 0 bridgehead atoms. The number of allylic oxidation sites excluding steroid dienone is 1. The van der Waals surface area contributed by atoms with Gasteiger partial charge in [0.15, 0.2) is 5.65 Å². The van der Waals surface area contributed by atoms with Gasteiger partial charge in [-0.2, -0.15) is 13.2 Å². The Morgan fingerprint density at radius 3 is 2.64 bits per heavy atom. The smallest absolute Gasteiger partial charge is 0.399 e. The zero-order chi connectivity index (χ0) is 24.0. The van der Waals surface area contributed by atoms with E-state index in [2.05, 4.69) is 20.3 Å². The van der Waals surface area contributed by atoms with Gasteiger partial charge in [-0.1, -0.05) is 6.08 Å². The van der Waals surface area contributed by atoms with Crippen molar-refractivity contribution >= 4 is 37.8 Å². The van der Waals surface area contributed by atoms with Crippen LogP contribution < -0.4 is 11.1 Å². The van der Waals surface area contributed by atoms with Crippen molar-refractivity contribution in [3.63, 3.8) is 0 Å². The van der Waals surface area contributed by atoms with E-state index in [4.69, 9.17) is 10.5 Å². The predicted molar refractivity (Wildman–Crippen MR) is 123 cm³/mol. The van der Waals surface area contributed by atoms with Crippen molar-refractivity contribution < 1.29 is 17.4 Å². The first kappa shape index (κ1) is 23.0. The van der Waals surface area contributed by atoms with E-state index >= 15 is 0 Å². The van der Waals surface area contributed by atoms with Gasteiger partial charge in [-0.3, -0.25) is 4.78 Å². The zero-order valence-electron chi connectivity index (χ0n) is 18.0. The number of alkyl halides is 3. The molecule has 0 saturated carbocycles. The summed E-state index contributed by atoms with van der Waals surface area (Å²) in [6.07, 6.45) is -0.516. The maximum atomic E-state index is 13.2. The summed E-state index contributed by atoms with van der Waals surface area (Å²) in [5, 5.41) is 3.80. The number of nitrogens with two attached hydrogens (primary N) is 1. The van der Waals surface area contributed by atoms with E-state index in [1.807, 2.05) is 6.07 Å². The second-order valence-electron chi connectivity index (χ2n) is 8.13. The van der Waals surface area contributed by atoms with E-state index in [1.54, 1.807) is 26.1 Å². The Morgan fingerprint density at radius 1 is 1.21 bits per heavy atom. The summed E-state index contributed by atoms with van der Waals surface area (Å²) in [6, 6.07) is 4.80. The molecule has 4 N–H and O–H groups in total. The van der Waals surface area contributed by atoms with Crippen LogP contribution in [0.5, 0.6) is 0 Å². The number of rotatable bonds is 4. The summed E-state index contributed by atoms with van der Waals surface area (Å²) in [7, 11) is -2.57. The summed E-state index contributed by atoms with van der Waals surface area (Å²) in [6.45, 7) is 3.44. The van der Waals surface area contributed by atoms with Gasteiger partial charge in [-0.15, -0.1) is 0 Å². The van der Waals surface area contributed by atoms with Crippen LogP contribution in [0.15, 0.2) is 36.5 Å². The monoisotopic (exact) mass is 476 g/mol. The Bertz CT molecular complexity index is 1370. The van der Waals surface area contributed by atoms with Gasteiger partial charge >= 0.3 is 6.18 Å². The number of aryl methyl sites for hydroxylation is 1. The summed E-state index contributed by atoms with van der Waals surface area (Å²) >= 11 is 0. The third-order valence-electron chi connectivity index (χ3n) is 5.49. The van der Waals surface area contributed by atoms with E-state index in [0.29, 0.717) is 40.4 Å². The largest absolute Gasteiger partial charge is 0.416 e. The number of nitrogens with zero attached hydrogens (tertiary/aromatic N) is 3. The van der Waals surface area contributed by atoms with E-state index in [1.165, 1.54) is 6.07 Å². The highest BCUT2D eigenvalue weighted by atomic mass is 32.2. The average Bonchev–Trinajstić information content (AvgIpc) is 2.72. The molecule has 174 valence electrons. The molecule has 0 spiro atoms. The number of halogens is 3. The molecule has 1 aromatic carbocycles. The Labute approximate surface area is 189 Å². The van der Waals surface area contributed by atoms with Crippen molar-refractivity contribution in [3.05, 3.63) is 59.1 Å². The SMILES string of the molecule is Cc1nc(N[C@H](C)c2cc(N)cc(C(F)(F)F)c2)c2cc(C3=CCS(=N)(=O)CC3)cnc2n1. The van der Waals surface area contributed by atoms with Crippen molar-refractivity contribution in [3.8, 4) is 0 Å². The van der Waals surface area contributed by atoms with Crippen molar-refractivity contribution in [2.75, 3.05) is 22.6 Å². The Morgan fingerprint density at radius 2 is 1.97 bits per heavy atom. The minimum atomic E-state index is -4.50. The van der Waals surface area contributed by atoms with Crippen LogP contribution in [-0.4, -0.2) is 30.7 Å². The molecule has 0 fully saturated rings. The summed E-state index contributed by atoms with van der Waals surface area (Å²) < 4.78 is 59.4. The quantitative estimate of drug-likeness (QED) is 0.459. The first-order chi connectivity index (χ1) is 15.4. The zero-order valence-corrected chi connectivity index (χ0v) is 18.8. The third kappa shape index (κ3) is 5.08. The van der Waals surface area contributed by atoms with Crippen LogP contribution in [0.25, 0.3) is 16.6 Å². The molecule has 1 unspecified atom stereocenters. The Kier molecular flexibility index (Phi) is 5.77. The number of anilines is 2. The van der Waals surface area contributed by atoms with Crippen LogP contribution in [0.4, 0.5) is 24.7 Å². The van der Waals surface area contributed by atoms with Gasteiger partial charge in [0.05, 0.1) is 22.7 Å². The van der Waals surface area contributed by atoms with Crippen LogP contribution in [-0.2, 0) is 15.9 Å². The second kappa shape index (κ2) is 8.29. The first-order valence-corrected chi connectivity index (χ1v) is 12.1. The van der Waals surface area contributed by atoms with Gasteiger partial charge in [0.2, 0.25) is 0 Å². The fourth-order valence-corrected chi connectivity index (χ4v) is 4.93. The van der Waals surface area contributed by atoms with E-state index in [-0.39, 0.29) is 11.4 Å². The Hall–Kier alpha value is -3.21. The molecule has 11 heteroatoms. The predicted octanol–water partition coefficient (Wildman–Crippen LogP) is 4.94. The van der Waals surface area contributed by atoms with Gasteiger partial charge in [-0.05, 0) is 61.2 Å². The van der Waals surface area contributed by atoms with Crippen molar-refractivity contribution in [1.29, 1.82) is 4.78 Å². The molecule has 2 atom stereocenters. The lowest BCUT2D eigenvalue weighted by molar-refractivity contribution is -0.137. The molecule has 0 saturated heterocycles. The highest BCUT2D eigenvalue weighted by molar-refractivity contribution is 7.92. The summed E-state index contributed by atoms with van der Waals surface area (Å²) in [5.74, 6) is 1.40. The molecule has 0 radical (unpaired) electrons. The summed E-state index contributed by atoms with van der Waals surface area (Å²) in [5.41, 5.74) is 7.51. The highest BCUT2D eigenvalue weighted by Crippen LogP contribution is 2.34. The van der Waals surface area contributed by atoms with Crippen molar-refractivity contribution in [2.24, 2.45) is 0 Å². The first-order valence-electron chi connectivity index (χ1n) is 10.2. The van der Waals surface area contributed by atoms with Gasteiger partial charge in [0.25, 0.3) is 0 Å². The number of fused-ring (bicyclic) bond motifs is 1. The molecular weight excluding hydrogens is 453 g/mol. The Balaban J connectivity index is 1.72. The molecule has 7 nitrogen and oxygen atoms in total. The molecule has 1 aliphatic heterocycles. The van der Waals surface area contributed by atoms with E-state index < -0.39 is 27.5 Å². The number of hydrogen-bond acceptors (Lipinski definition) is 7. The lowest BCUT2D eigenvalue weighted by atomic mass is 10.0. The number of nitrogen functional groups attached to an aromatic ring is 1. The molecule has 0 aliphatic carbocycles. The van der Waals surface area contributed by atoms with Gasteiger partial charge < -0.3 is 11.1 Å². The lowest BCUT2D eigenvalue weighted by Gasteiger charge is -2.19. The topological polar surface area (TPSA) is 118 Å². The minimum absolute atomic E-state index is 0.0244. The number of pyridine rings is 1. The van der Waals surface area contributed by atoms with Crippen molar-refractivity contribution in [1.82, 2.24) is 15.0 Å². The van der Waals surface area contributed by atoms with Crippen LogP contribution in [0.2, 0.25) is 0 Å². The van der Waals surface area contributed by atoms with Crippen LogP contribution in [0.3, 0.4) is 0 Å². The van der Waals surface area contributed by atoms with E-state index in [0.717, 1.165) is 23.3 Å².